The molecule has 0 radical (unpaired) electrons. The molecule has 0 saturated carbocycles. The van der Waals surface area contributed by atoms with E-state index in [1.807, 2.05) is 79.4 Å². The molecule has 0 N–H and O–H groups in total. The molecule has 0 bridgehead atoms. The van der Waals surface area contributed by atoms with E-state index >= 15 is 0 Å². The Morgan fingerprint density at radius 3 is 2.42 bits per heavy atom. The van der Waals surface area contributed by atoms with Crippen molar-refractivity contribution in [2.75, 3.05) is 20.3 Å². The standard InChI is InChI=1S/C27H29N3O3/c1-4-24(25-28-23-16-9-8-14-22(23)27(32)30(25)17-18-33-3)29(5-2)26(31)21-15-10-12-19-11-6-7-13-20(19)21/h6-16,24H,4-5,17-18H2,1-3H3. The van der Waals surface area contributed by atoms with Crippen molar-refractivity contribution in [3.05, 3.63) is 88.5 Å². The lowest BCUT2D eigenvalue weighted by atomic mass is 10.0. The molecule has 6 heteroatoms. The number of hydrogen-bond donors (Lipinski definition) is 0. The van der Waals surface area contributed by atoms with E-state index in [-0.39, 0.29) is 17.5 Å². The fourth-order valence-corrected chi connectivity index (χ4v) is 4.45. The molecule has 0 aliphatic heterocycles. The number of nitrogens with zero attached hydrogens (tertiary/aromatic N) is 3. The van der Waals surface area contributed by atoms with E-state index in [1.165, 1.54) is 0 Å². The zero-order valence-corrected chi connectivity index (χ0v) is 19.3. The summed E-state index contributed by atoms with van der Waals surface area (Å²) in [4.78, 5) is 33.9. The third kappa shape index (κ3) is 4.26. The number of carbonyl (C=O) groups excluding carboxylic acids is 1. The van der Waals surface area contributed by atoms with Crippen molar-refractivity contribution in [1.29, 1.82) is 0 Å². The number of aromatic nitrogens is 2. The van der Waals surface area contributed by atoms with Crippen molar-refractivity contribution in [2.24, 2.45) is 0 Å². The van der Waals surface area contributed by atoms with Gasteiger partial charge in [0.25, 0.3) is 11.5 Å². The number of ether oxygens (including phenoxy) is 1. The number of rotatable bonds is 8. The third-order valence-electron chi connectivity index (χ3n) is 6.09. The van der Waals surface area contributed by atoms with Crippen LogP contribution in [0.5, 0.6) is 0 Å². The summed E-state index contributed by atoms with van der Waals surface area (Å²) < 4.78 is 6.93. The highest BCUT2D eigenvalue weighted by Gasteiger charge is 2.29. The molecule has 0 saturated heterocycles. The first-order valence-corrected chi connectivity index (χ1v) is 11.4. The van der Waals surface area contributed by atoms with Crippen LogP contribution in [0.2, 0.25) is 0 Å². The first-order chi connectivity index (χ1) is 16.1. The molecule has 1 aromatic heterocycles. The summed E-state index contributed by atoms with van der Waals surface area (Å²) in [5, 5.41) is 2.51. The highest BCUT2D eigenvalue weighted by atomic mass is 16.5. The summed E-state index contributed by atoms with van der Waals surface area (Å²) in [5.41, 5.74) is 1.18. The molecular formula is C27H29N3O3. The van der Waals surface area contributed by atoms with Crippen molar-refractivity contribution in [2.45, 2.75) is 32.9 Å². The lowest BCUT2D eigenvalue weighted by molar-refractivity contribution is 0.0669. The summed E-state index contributed by atoms with van der Waals surface area (Å²) in [6.45, 7) is 5.23. The summed E-state index contributed by atoms with van der Waals surface area (Å²) in [5.74, 6) is 0.524. The number of hydrogen-bond acceptors (Lipinski definition) is 4. The van der Waals surface area contributed by atoms with Gasteiger partial charge in [0.05, 0.1) is 30.1 Å². The zero-order chi connectivity index (χ0) is 23.4. The summed E-state index contributed by atoms with van der Waals surface area (Å²) in [7, 11) is 1.61. The molecule has 4 rings (SSSR count). The molecule has 1 atom stereocenters. The molecule has 4 aromatic rings. The van der Waals surface area contributed by atoms with Gasteiger partial charge < -0.3 is 9.64 Å². The number of amides is 1. The van der Waals surface area contributed by atoms with Crippen molar-refractivity contribution >= 4 is 27.6 Å². The molecule has 0 aliphatic carbocycles. The summed E-state index contributed by atoms with van der Waals surface area (Å²) >= 11 is 0. The predicted molar refractivity (Wildman–Crippen MR) is 132 cm³/mol. The van der Waals surface area contributed by atoms with E-state index < -0.39 is 0 Å². The summed E-state index contributed by atoms with van der Waals surface area (Å²) in [6.07, 6.45) is 0.627. The Morgan fingerprint density at radius 1 is 1.00 bits per heavy atom. The monoisotopic (exact) mass is 443 g/mol. The van der Waals surface area contributed by atoms with Gasteiger partial charge in [-0.3, -0.25) is 14.2 Å². The maximum Gasteiger partial charge on any atom is 0.261 e. The van der Waals surface area contributed by atoms with Gasteiger partial charge in [-0.25, -0.2) is 4.98 Å². The molecule has 1 heterocycles. The molecule has 0 fully saturated rings. The van der Waals surface area contributed by atoms with Crippen LogP contribution in [0.3, 0.4) is 0 Å². The Kier molecular flexibility index (Phi) is 6.84. The second kappa shape index (κ2) is 9.96. The van der Waals surface area contributed by atoms with Crippen LogP contribution in [-0.2, 0) is 11.3 Å². The third-order valence-corrected chi connectivity index (χ3v) is 6.09. The minimum atomic E-state index is -0.351. The first kappa shape index (κ1) is 22.7. The second-order valence-corrected chi connectivity index (χ2v) is 7.98. The average Bonchev–Trinajstić information content (AvgIpc) is 2.86. The van der Waals surface area contributed by atoms with Gasteiger partial charge in [-0.15, -0.1) is 0 Å². The smallest absolute Gasteiger partial charge is 0.261 e. The van der Waals surface area contributed by atoms with Crippen molar-refractivity contribution in [3.63, 3.8) is 0 Å². The van der Waals surface area contributed by atoms with Crippen LogP contribution in [0.15, 0.2) is 71.5 Å². The van der Waals surface area contributed by atoms with Crippen LogP contribution in [-0.4, -0.2) is 40.6 Å². The molecule has 0 aliphatic rings. The van der Waals surface area contributed by atoms with Crippen molar-refractivity contribution in [3.8, 4) is 0 Å². The molecule has 3 aromatic carbocycles. The number of fused-ring (bicyclic) bond motifs is 2. The van der Waals surface area contributed by atoms with Crippen molar-refractivity contribution < 1.29 is 9.53 Å². The lowest BCUT2D eigenvalue weighted by Crippen LogP contribution is -2.39. The molecular weight excluding hydrogens is 414 g/mol. The number of carbonyl (C=O) groups is 1. The van der Waals surface area contributed by atoms with E-state index in [0.717, 1.165) is 10.8 Å². The zero-order valence-electron chi connectivity index (χ0n) is 19.3. The van der Waals surface area contributed by atoms with E-state index in [4.69, 9.17) is 9.72 Å². The van der Waals surface area contributed by atoms with Gasteiger partial charge in [0, 0.05) is 19.2 Å². The minimum Gasteiger partial charge on any atom is -0.383 e. The Morgan fingerprint density at radius 2 is 1.70 bits per heavy atom. The molecule has 1 unspecified atom stereocenters. The van der Waals surface area contributed by atoms with E-state index in [2.05, 4.69) is 0 Å². The fourth-order valence-electron chi connectivity index (χ4n) is 4.45. The first-order valence-electron chi connectivity index (χ1n) is 11.4. The maximum atomic E-state index is 13.8. The van der Waals surface area contributed by atoms with Gasteiger partial charge in [0.1, 0.15) is 5.82 Å². The van der Waals surface area contributed by atoms with Crippen molar-refractivity contribution in [1.82, 2.24) is 14.5 Å². The van der Waals surface area contributed by atoms with E-state index in [1.54, 1.807) is 17.7 Å². The number of methoxy groups -OCH3 is 1. The SMILES string of the molecule is CCC(c1nc2ccccc2c(=O)n1CCOC)N(CC)C(=O)c1cccc2ccccc12. The van der Waals surface area contributed by atoms with Crippen LogP contribution < -0.4 is 5.56 Å². The Labute approximate surface area is 193 Å². The quantitative estimate of drug-likeness (QED) is 0.392. The van der Waals surface area contributed by atoms with Crippen LogP contribution in [0.25, 0.3) is 21.7 Å². The Balaban J connectivity index is 1.85. The van der Waals surface area contributed by atoms with Gasteiger partial charge in [-0.1, -0.05) is 55.5 Å². The maximum absolute atomic E-state index is 13.8. The Bertz CT molecular complexity index is 1340. The molecule has 170 valence electrons. The summed E-state index contributed by atoms with van der Waals surface area (Å²) in [6, 6.07) is 20.7. The van der Waals surface area contributed by atoms with Gasteiger partial charge >= 0.3 is 0 Å². The van der Waals surface area contributed by atoms with Gasteiger partial charge in [-0.05, 0) is 42.3 Å². The topological polar surface area (TPSA) is 64.4 Å². The number of para-hydroxylation sites is 1. The van der Waals surface area contributed by atoms with E-state index in [9.17, 15) is 9.59 Å². The van der Waals surface area contributed by atoms with E-state index in [0.29, 0.717) is 48.4 Å². The van der Waals surface area contributed by atoms with Crippen LogP contribution in [0, 0.1) is 0 Å². The van der Waals surface area contributed by atoms with Crippen LogP contribution in [0.4, 0.5) is 0 Å². The largest absolute Gasteiger partial charge is 0.383 e. The van der Waals surface area contributed by atoms with Crippen LogP contribution in [0.1, 0.15) is 42.5 Å². The van der Waals surface area contributed by atoms with Crippen LogP contribution >= 0.6 is 0 Å². The average molecular weight is 444 g/mol. The lowest BCUT2D eigenvalue weighted by Gasteiger charge is -2.32. The highest BCUT2D eigenvalue weighted by molar-refractivity contribution is 6.07. The molecule has 6 nitrogen and oxygen atoms in total. The second-order valence-electron chi connectivity index (χ2n) is 7.98. The normalized spacial score (nSPS) is 12.2. The molecule has 1 amide bonds. The molecule has 33 heavy (non-hydrogen) atoms. The minimum absolute atomic E-state index is 0.0677. The highest BCUT2D eigenvalue weighted by Crippen LogP contribution is 2.28. The van der Waals surface area contributed by atoms with Gasteiger partial charge in [0.2, 0.25) is 0 Å². The predicted octanol–water partition coefficient (Wildman–Crippen LogP) is 4.81. The van der Waals surface area contributed by atoms with Gasteiger partial charge in [0.15, 0.2) is 0 Å². The Hall–Kier alpha value is -3.51. The number of benzene rings is 3. The van der Waals surface area contributed by atoms with Gasteiger partial charge in [-0.2, -0.15) is 0 Å². The molecule has 0 spiro atoms. The fraction of sp³-hybridized carbons (Fsp3) is 0.296.